The smallest absolute Gasteiger partial charge is 0.253 e. The van der Waals surface area contributed by atoms with Crippen LogP contribution in [0.1, 0.15) is 43.5 Å². The number of carbonyl (C=O) groups is 4. The first-order chi connectivity index (χ1) is 15.8. The van der Waals surface area contributed by atoms with E-state index in [2.05, 4.69) is 0 Å². The fourth-order valence-corrected chi connectivity index (χ4v) is 5.01. The van der Waals surface area contributed by atoms with Gasteiger partial charge in [0.15, 0.2) is 0 Å². The lowest BCUT2D eigenvalue weighted by Gasteiger charge is -2.38. The summed E-state index contributed by atoms with van der Waals surface area (Å²) >= 11 is 0. The highest BCUT2D eigenvalue weighted by Gasteiger charge is 2.51. The average Bonchev–Trinajstić information content (AvgIpc) is 3.07. The Kier molecular flexibility index (Phi) is 6.63. The molecule has 3 aliphatic rings. The largest absolute Gasteiger partial charge is 0.337 e. The van der Waals surface area contributed by atoms with Gasteiger partial charge >= 0.3 is 0 Å². The van der Waals surface area contributed by atoms with Crippen molar-refractivity contribution in [2.24, 2.45) is 17.8 Å². The molecule has 7 nitrogen and oxygen atoms in total. The first-order valence-corrected chi connectivity index (χ1v) is 11.6. The Balaban J connectivity index is 1.45. The number of likely N-dealkylation sites (tertiary alicyclic amines) is 1. The second-order valence-electron chi connectivity index (χ2n) is 9.47. The number of carbonyl (C=O) groups excluding carboxylic acids is 4. The molecule has 8 heteroatoms. The molecule has 1 aromatic carbocycles. The van der Waals surface area contributed by atoms with Gasteiger partial charge in [0.1, 0.15) is 11.9 Å². The first-order valence-electron chi connectivity index (χ1n) is 11.6. The van der Waals surface area contributed by atoms with Gasteiger partial charge < -0.3 is 9.80 Å². The van der Waals surface area contributed by atoms with Gasteiger partial charge in [0.25, 0.3) is 5.91 Å². The minimum absolute atomic E-state index is 0.127. The van der Waals surface area contributed by atoms with Crippen molar-refractivity contribution in [2.45, 2.75) is 39.2 Å². The number of hydrogen-bond donors (Lipinski definition) is 0. The van der Waals surface area contributed by atoms with E-state index in [1.165, 1.54) is 29.2 Å². The summed E-state index contributed by atoms with van der Waals surface area (Å²) in [7, 11) is 0. The van der Waals surface area contributed by atoms with Crippen molar-refractivity contribution in [3.05, 3.63) is 47.8 Å². The standard InChI is InChI=1S/C25H30FN3O4/c1-16(2)15-21(29-23(31)19-5-3-4-6-20(19)24(29)32)25(33)28-13-11-27(12-14-28)22(30)17-7-9-18(26)10-8-17/h3-4,7-10,16,19-21H,5-6,11-15H2,1-2H3. The molecule has 0 spiro atoms. The molecule has 0 radical (unpaired) electrons. The number of nitrogens with zero attached hydrogens (tertiary/aromatic N) is 3. The summed E-state index contributed by atoms with van der Waals surface area (Å²) in [6.45, 7) is 5.27. The predicted octanol–water partition coefficient (Wildman–Crippen LogP) is 2.48. The van der Waals surface area contributed by atoms with Gasteiger partial charge in [-0.3, -0.25) is 24.1 Å². The minimum Gasteiger partial charge on any atom is -0.337 e. The van der Waals surface area contributed by atoms with Crippen LogP contribution in [0.4, 0.5) is 4.39 Å². The third-order valence-electron chi connectivity index (χ3n) is 6.80. The molecule has 3 unspecified atom stereocenters. The number of benzene rings is 1. The van der Waals surface area contributed by atoms with Crippen molar-refractivity contribution in [3.8, 4) is 0 Å². The molecule has 0 bridgehead atoms. The molecule has 33 heavy (non-hydrogen) atoms. The Bertz CT molecular complexity index is 940. The maximum Gasteiger partial charge on any atom is 0.253 e. The molecule has 3 atom stereocenters. The van der Waals surface area contributed by atoms with Crippen LogP contribution in [0.2, 0.25) is 0 Å². The normalized spacial score (nSPS) is 23.8. The fraction of sp³-hybridized carbons (Fsp3) is 0.520. The number of rotatable bonds is 5. The van der Waals surface area contributed by atoms with Gasteiger partial charge in [-0.05, 0) is 49.4 Å². The van der Waals surface area contributed by atoms with Crippen LogP contribution in [0.5, 0.6) is 0 Å². The van der Waals surface area contributed by atoms with Crippen molar-refractivity contribution in [1.29, 1.82) is 0 Å². The van der Waals surface area contributed by atoms with Crippen LogP contribution in [0.15, 0.2) is 36.4 Å². The highest BCUT2D eigenvalue weighted by atomic mass is 19.1. The van der Waals surface area contributed by atoms with Crippen LogP contribution in [0.3, 0.4) is 0 Å². The van der Waals surface area contributed by atoms with E-state index in [0.29, 0.717) is 51.0 Å². The van der Waals surface area contributed by atoms with Crippen LogP contribution in [-0.2, 0) is 14.4 Å². The van der Waals surface area contributed by atoms with Gasteiger partial charge in [0.2, 0.25) is 17.7 Å². The SMILES string of the molecule is CC(C)CC(C(=O)N1CCN(C(=O)c2ccc(F)cc2)CC1)N1C(=O)C2CC=CCC2C1=O. The molecule has 176 valence electrons. The zero-order valence-corrected chi connectivity index (χ0v) is 19.1. The van der Waals surface area contributed by atoms with Gasteiger partial charge in [-0.25, -0.2) is 4.39 Å². The maximum atomic E-state index is 13.5. The molecule has 2 fully saturated rings. The lowest BCUT2D eigenvalue weighted by molar-refractivity contribution is -0.153. The Morgan fingerprint density at radius 1 is 0.909 bits per heavy atom. The van der Waals surface area contributed by atoms with Crippen molar-refractivity contribution in [2.75, 3.05) is 26.2 Å². The monoisotopic (exact) mass is 455 g/mol. The van der Waals surface area contributed by atoms with E-state index in [1.54, 1.807) is 9.80 Å². The van der Waals surface area contributed by atoms with Crippen LogP contribution >= 0.6 is 0 Å². The highest BCUT2D eigenvalue weighted by Crippen LogP contribution is 2.37. The number of allylic oxidation sites excluding steroid dienone is 2. The Labute approximate surface area is 193 Å². The van der Waals surface area contributed by atoms with Gasteiger partial charge in [-0.2, -0.15) is 0 Å². The van der Waals surface area contributed by atoms with E-state index in [1.807, 2.05) is 26.0 Å². The van der Waals surface area contributed by atoms with Crippen molar-refractivity contribution >= 4 is 23.6 Å². The Hall–Kier alpha value is -3.03. The Morgan fingerprint density at radius 2 is 1.42 bits per heavy atom. The zero-order valence-electron chi connectivity index (χ0n) is 19.1. The van der Waals surface area contributed by atoms with E-state index in [0.717, 1.165) is 0 Å². The fourth-order valence-electron chi connectivity index (χ4n) is 5.01. The number of imide groups is 1. The zero-order chi connectivity index (χ0) is 23.7. The number of hydrogen-bond acceptors (Lipinski definition) is 4. The first kappa shape index (κ1) is 23.1. The highest BCUT2D eigenvalue weighted by molar-refractivity contribution is 6.08. The van der Waals surface area contributed by atoms with E-state index in [-0.39, 0.29) is 41.4 Å². The summed E-state index contributed by atoms with van der Waals surface area (Å²) in [5, 5.41) is 0. The van der Waals surface area contributed by atoms with E-state index < -0.39 is 11.9 Å². The summed E-state index contributed by atoms with van der Waals surface area (Å²) in [5.74, 6) is -1.92. The molecule has 1 aliphatic carbocycles. The molecular weight excluding hydrogens is 425 g/mol. The lowest BCUT2D eigenvalue weighted by Crippen LogP contribution is -2.57. The van der Waals surface area contributed by atoms with E-state index >= 15 is 0 Å². The van der Waals surface area contributed by atoms with Crippen LogP contribution < -0.4 is 0 Å². The van der Waals surface area contributed by atoms with Gasteiger partial charge in [-0.15, -0.1) is 0 Å². The van der Waals surface area contributed by atoms with Gasteiger partial charge in [0, 0.05) is 31.7 Å². The summed E-state index contributed by atoms with van der Waals surface area (Å²) in [6.07, 6.45) is 5.37. The second kappa shape index (κ2) is 9.45. The molecule has 0 N–H and O–H groups in total. The summed E-state index contributed by atoms with van der Waals surface area (Å²) < 4.78 is 13.2. The minimum atomic E-state index is -0.810. The van der Waals surface area contributed by atoms with Gasteiger partial charge in [0.05, 0.1) is 11.8 Å². The molecule has 0 saturated carbocycles. The van der Waals surface area contributed by atoms with Gasteiger partial charge in [-0.1, -0.05) is 26.0 Å². The molecule has 2 aliphatic heterocycles. The molecule has 1 aromatic rings. The number of piperazine rings is 1. The third kappa shape index (κ3) is 4.56. The maximum absolute atomic E-state index is 13.5. The molecule has 2 saturated heterocycles. The molecule has 4 amide bonds. The van der Waals surface area contributed by atoms with E-state index in [4.69, 9.17) is 0 Å². The van der Waals surface area contributed by atoms with Crippen molar-refractivity contribution in [1.82, 2.24) is 14.7 Å². The topological polar surface area (TPSA) is 78.0 Å². The number of halogens is 1. The molecule has 4 rings (SSSR count). The summed E-state index contributed by atoms with van der Waals surface area (Å²) in [5.41, 5.74) is 0.401. The van der Waals surface area contributed by atoms with E-state index in [9.17, 15) is 23.6 Å². The summed E-state index contributed by atoms with van der Waals surface area (Å²) in [4.78, 5) is 57.0. The third-order valence-corrected chi connectivity index (χ3v) is 6.80. The van der Waals surface area contributed by atoms with Crippen LogP contribution in [0.25, 0.3) is 0 Å². The lowest BCUT2D eigenvalue weighted by atomic mass is 9.85. The Morgan fingerprint density at radius 3 is 1.94 bits per heavy atom. The summed E-state index contributed by atoms with van der Waals surface area (Å²) in [6, 6.07) is 4.59. The molecular formula is C25H30FN3O4. The second-order valence-corrected chi connectivity index (χ2v) is 9.47. The van der Waals surface area contributed by atoms with Crippen LogP contribution in [-0.4, -0.2) is 70.5 Å². The average molecular weight is 456 g/mol. The quantitative estimate of drug-likeness (QED) is 0.505. The predicted molar refractivity (Wildman–Crippen MR) is 119 cm³/mol. The van der Waals surface area contributed by atoms with Crippen molar-refractivity contribution in [3.63, 3.8) is 0 Å². The number of amides is 4. The molecule has 2 heterocycles. The molecule has 0 aromatic heterocycles. The van der Waals surface area contributed by atoms with Crippen molar-refractivity contribution < 1.29 is 23.6 Å². The van der Waals surface area contributed by atoms with Crippen LogP contribution in [0, 0.1) is 23.6 Å². The number of fused-ring (bicyclic) bond motifs is 1.